The van der Waals surface area contributed by atoms with Crippen LogP contribution < -0.4 is 0 Å². The second kappa shape index (κ2) is 4.66. The molecule has 2 aromatic rings. The van der Waals surface area contributed by atoms with Gasteiger partial charge in [0, 0.05) is 5.56 Å². The van der Waals surface area contributed by atoms with Crippen molar-refractivity contribution < 1.29 is 14.6 Å². The maximum atomic E-state index is 9.75. The third kappa shape index (κ3) is 1.84. The van der Waals surface area contributed by atoms with Gasteiger partial charge in [0.15, 0.2) is 0 Å². The normalized spacial score (nSPS) is 32.5. The number of hydrogen-bond acceptors (Lipinski definition) is 5. The zero-order chi connectivity index (χ0) is 13.5. The van der Waals surface area contributed by atoms with Gasteiger partial charge in [0.1, 0.15) is 30.0 Å². The van der Waals surface area contributed by atoms with Crippen LogP contribution in [0.25, 0.3) is 11.3 Å². The molecule has 1 aromatic heterocycles. The van der Waals surface area contributed by atoms with Crippen molar-refractivity contribution in [3.63, 3.8) is 0 Å². The average molecular weight is 273 g/mol. The van der Waals surface area contributed by atoms with Crippen LogP contribution in [0.5, 0.6) is 0 Å². The number of benzene rings is 1. The van der Waals surface area contributed by atoms with Crippen LogP contribution in [0, 0.1) is 0 Å². The number of hydrogen-bond donors (Lipinski definition) is 1. The number of aromatic nitrogens is 3. The average Bonchev–Trinajstić information content (AvgIpc) is 3.18. The molecule has 4 rings (SSSR count). The second-order valence-electron chi connectivity index (χ2n) is 5.18. The lowest BCUT2D eigenvalue weighted by molar-refractivity contribution is 0.0169. The highest BCUT2D eigenvalue weighted by molar-refractivity contribution is 5.57. The van der Waals surface area contributed by atoms with Crippen molar-refractivity contribution in [1.82, 2.24) is 15.0 Å². The molecule has 6 nitrogen and oxygen atoms in total. The van der Waals surface area contributed by atoms with E-state index in [0.29, 0.717) is 13.2 Å². The lowest BCUT2D eigenvalue weighted by Crippen LogP contribution is -2.30. The topological polar surface area (TPSA) is 69.4 Å². The molecule has 0 aliphatic carbocycles. The molecule has 1 N–H and O–H groups in total. The van der Waals surface area contributed by atoms with Gasteiger partial charge in [-0.15, -0.1) is 5.10 Å². The van der Waals surface area contributed by atoms with Crippen molar-refractivity contribution in [3.05, 3.63) is 36.5 Å². The molecule has 6 heteroatoms. The van der Waals surface area contributed by atoms with Crippen molar-refractivity contribution >= 4 is 0 Å². The molecule has 4 atom stereocenters. The summed E-state index contributed by atoms with van der Waals surface area (Å²) in [6, 6.07) is 9.88. The summed E-state index contributed by atoms with van der Waals surface area (Å²) < 4.78 is 13.0. The number of aliphatic hydroxyl groups is 1. The summed E-state index contributed by atoms with van der Waals surface area (Å²) >= 11 is 0. The Hall–Kier alpha value is -1.76. The Labute approximate surface area is 115 Å². The first-order valence-electron chi connectivity index (χ1n) is 6.71. The van der Waals surface area contributed by atoms with E-state index in [4.69, 9.17) is 9.47 Å². The van der Waals surface area contributed by atoms with Crippen LogP contribution in [-0.2, 0) is 9.47 Å². The molecule has 104 valence electrons. The second-order valence-corrected chi connectivity index (χ2v) is 5.18. The van der Waals surface area contributed by atoms with Crippen molar-refractivity contribution in [2.24, 2.45) is 0 Å². The van der Waals surface area contributed by atoms with Gasteiger partial charge in [-0.3, -0.25) is 0 Å². The van der Waals surface area contributed by atoms with Crippen LogP contribution >= 0.6 is 0 Å². The fourth-order valence-electron chi connectivity index (χ4n) is 2.87. The number of fused-ring (bicyclic) bond motifs is 1. The van der Waals surface area contributed by atoms with E-state index in [9.17, 15) is 5.11 Å². The van der Waals surface area contributed by atoms with Crippen molar-refractivity contribution in [3.8, 4) is 11.3 Å². The highest BCUT2D eigenvalue weighted by Crippen LogP contribution is 2.34. The van der Waals surface area contributed by atoms with Crippen molar-refractivity contribution in [2.75, 3.05) is 13.2 Å². The Balaban J connectivity index is 1.60. The number of rotatable bonds is 2. The van der Waals surface area contributed by atoms with Crippen LogP contribution in [0.4, 0.5) is 0 Å². The summed E-state index contributed by atoms with van der Waals surface area (Å²) in [5, 5.41) is 18.1. The summed E-state index contributed by atoms with van der Waals surface area (Å²) in [4.78, 5) is 0. The smallest absolute Gasteiger partial charge is 0.114 e. The fourth-order valence-corrected chi connectivity index (χ4v) is 2.87. The molecule has 0 saturated carbocycles. The molecular formula is C14H15N3O3. The first-order chi connectivity index (χ1) is 9.83. The SMILES string of the molecule is O[C@@H]1CO[C@H]2[C@@H]1OC[C@@H]2n1cc(-c2ccccc2)nn1. The third-order valence-electron chi connectivity index (χ3n) is 3.92. The molecule has 0 radical (unpaired) electrons. The quantitative estimate of drug-likeness (QED) is 0.869. The summed E-state index contributed by atoms with van der Waals surface area (Å²) in [5.74, 6) is 0. The van der Waals surface area contributed by atoms with Gasteiger partial charge in [-0.1, -0.05) is 35.5 Å². The fraction of sp³-hybridized carbons (Fsp3) is 0.429. The molecule has 2 aliphatic rings. The maximum Gasteiger partial charge on any atom is 0.114 e. The van der Waals surface area contributed by atoms with Crippen LogP contribution in [0.1, 0.15) is 6.04 Å². The van der Waals surface area contributed by atoms with Gasteiger partial charge in [0.25, 0.3) is 0 Å². The molecule has 2 fully saturated rings. The van der Waals surface area contributed by atoms with Gasteiger partial charge in [-0.05, 0) is 0 Å². The van der Waals surface area contributed by atoms with E-state index in [2.05, 4.69) is 10.3 Å². The van der Waals surface area contributed by atoms with Crippen LogP contribution in [0.15, 0.2) is 36.5 Å². The van der Waals surface area contributed by atoms with Gasteiger partial charge >= 0.3 is 0 Å². The van der Waals surface area contributed by atoms with Gasteiger partial charge in [0.05, 0.1) is 19.4 Å². The molecule has 20 heavy (non-hydrogen) atoms. The predicted octanol–water partition coefficient (Wildman–Crippen LogP) is 0.645. The summed E-state index contributed by atoms with van der Waals surface area (Å²) in [6.07, 6.45) is 0.974. The number of ether oxygens (including phenoxy) is 2. The Morgan fingerprint density at radius 1 is 1.10 bits per heavy atom. The molecule has 0 unspecified atom stereocenters. The zero-order valence-electron chi connectivity index (χ0n) is 10.8. The Morgan fingerprint density at radius 3 is 2.75 bits per heavy atom. The predicted molar refractivity (Wildman–Crippen MR) is 70.0 cm³/mol. The van der Waals surface area contributed by atoms with E-state index in [1.807, 2.05) is 36.5 Å². The minimum atomic E-state index is -0.540. The number of aliphatic hydroxyl groups excluding tert-OH is 1. The molecule has 3 heterocycles. The minimum absolute atomic E-state index is 0.0258. The van der Waals surface area contributed by atoms with E-state index in [-0.39, 0.29) is 18.2 Å². The van der Waals surface area contributed by atoms with Gasteiger partial charge < -0.3 is 14.6 Å². The van der Waals surface area contributed by atoms with E-state index >= 15 is 0 Å². The minimum Gasteiger partial charge on any atom is -0.388 e. The van der Waals surface area contributed by atoms with Gasteiger partial charge in [0.2, 0.25) is 0 Å². The first kappa shape index (κ1) is 12.0. The van der Waals surface area contributed by atoms with Crippen molar-refractivity contribution in [2.45, 2.75) is 24.4 Å². The zero-order valence-corrected chi connectivity index (χ0v) is 10.8. The van der Waals surface area contributed by atoms with Crippen LogP contribution in [0.2, 0.25) is 0 Å². The molecule has 2 aliphatic heterocycles. The molecule has 0 spiro atoms. The monoisotopic (exact) mass is 273 g/mol. The summed E-state index contributed by atoms with van der Waals surface area (Å²) in [7, 11) is 0. The molecule has 0 amide bonds. The van der Waals surface area contributed by atoms with E-state index in [1.54, 1.807) is 4.68 Å². The van der Waals surface area contributed by atoms with Crippen LogP contribution in [-0.4, -0.2) is 51.6 Å². The van der Waals surface area contributed by atoms with E-state index in [0.717, 1.165) is 11.3 Å². The number of nitrogens with zero attached hydrogens (tertiary/aromatic N) is 3. The first-order valence-corrected chi connectivity index (χ1v) is 6.71. The standard InChI is InChI=1S/C14H15N3O3/c18-12-8-20-13-11(7-19-14(12)13)17-6-10(15-16-17)9-4-2-1-3-5-9/h1-6,11-14,18H,7-8H2/t11-,12+,13+,14+/m0/s1. The van der Waals surface area contributed by atoms with Crippen molar-refractivity contribution in [1.29, 1.82) is 0 Å². The molecule has 2 saturated heterocycles. The van der Waals surface area contributed by atoms with Gasteiger partial charge in [-0.25, -0.2) is 4.68 Å². The van der Waals surface area contributed by atoms with Crippen LogP contribution in [0.3, 0.4) is 0 Å². The molecule has 1 aromatic carbocycles. The Bertz CT molecular complexity index is 601. The largest absolute Gasteiger partial charge is 0.388 e. The molecule has 0 bridgehead atoms. The lowest BCUT2D eigenvalue weighted by atomic mass is 10.1. The Morgan fingerprint density at radius 2 is 1.90 bits per heavy atom. The Kier molecular flexibility index (Phi) is 2.80. The molecular weight excluding hydrogens is 258 g/mol. The highest BCUT2D eigenvalue weighted by Gasteiger charge is 2.48. The highest BCUT2D eigenvalue weighted by atomic mass is 16.6. The van der Waals surface area contributed by atoms with E-state index < -0.39 is 6.10 Å². The third-order valence-corrected chi connectivity index (χ3v) is 3.92. The summed E-state index contributed by atoms with van der Waals surface area (Å²) in [6.45, 7) is 0.816. The lowest BCUT2D eigenvalue weighted by Gasteiger charge is -2.15. The summed E-state index contributed by atoms with van der Waals surface area (Å²) in [5.41, 5.74) is 1.86. The van der Waals surface area contributed by atoms with Gasteiger partial charge in [-0.2, -0.15) is 0 Å². The van der Waals surface area contributed by atoms with E-state index in [1.165, 1.54) is 0 Å². The maximum absolute atomic E-state index is 9.75.